The molecule has 4 nitrogen and oxygen atoms in total. The summed E-state index contributed by atoms with van der Waals surface area (Å²) in [5.74, 6) is 0.970. The van der Waals surface area contributed by atoms with Crippen molar-refractivity contribution in [3.63, 3.8) is 0 Å². The molecule has 1 aromatic carbocycles. The number of para-hydroxylation sites is 1. The number of ether oxygens (including phenoxy) is 1. The van der Waals surface area contributed by atoms with Gasteiger partial charge in [-0.15, -0.1) is 0 Å². The van der Waals surface area contributed by atoms with Crippen molar-refractivity contribution in [3.05, 3.63) is 59.9 Å². The van der Waals surface area contributed by atoms with Gasteiger partial charge >= 0.3 is 0 Å². The van der Waals surface area contributed by atoms with Gasteiger partial charge in [0.1, 0.15) is 5.75 Å². The first kappa shape index (κ1) is 15.0. The number of nitrogens with zero attached hydrogens (tertiary/aromatic N) is 1. The first-order valence-electron chi connectivity index (χ1n) is 7.05. The van der Waals surface area contributed by atoms with Crippen molar-refractivity contribution < 1.29 is 9.53 Å². The standard InChI is InChI=1S/C17H20N2O2/c1-13(2)15-8-3-4-9-16(15)21-12-17(20)19-11-14-7-5-6-10-18-14/h3-10,13H,11-12H2,1-2H3,(H,19,20). The fourth-order valence-corrected chi connectivity index (χ4v) is 1.98. The Morgan fingerprint density at radius 1 is 1.19 bits per heavy atom. The molecule has 0 saturated heterocycles. The fraction of sp³-hybridized carbons (Fsp3) is 0.294. The summed E-state index contributed by atoms with van der Waals surface area (Å²) in [7, 11) is 0. The van der Waals surface area contributed by atoms with Gasteiger partial charge < -0.3 is 10.1 Å². The number of hydrogen-bond acceptors (Lipinski definition) is 3. The Bertz CT molecular complexity index is 582. The van der Waals surface area contributed by atoms with Gasteiger partial charge in [0.05, 0.1) is 12.2 Å². The van der Waals surface area contributed by atoms with Crippen molar-refractivity contribution in [2.24, 2.45) is 0 Å². The minimum Gasteiger partial charge on any atom is -0.483 e. The van der Waals surface area contributed by atoms with Crippen molar-refractivity contribution >= 4 is 5.91 Å². The van der Waals surface area contributed by atoms with Gasteiger partial charge in [-0.3, -0.25) is 9.78 Å². The van der Waals surface area contributed by atoms with Crippen LogP contribution in [0.15, 0.2) is 48.7 Å². The molecular formula is C17H20N2O2. The Morgan fingerprint density at radius 2 is 1.95 bits per heavy atom. The predicted molar refractivity (Wildman–Crippen MR) is 82.1 cm³/mol. The minimum absolute atomic E-state index is 0.0105. The maximum atomic E-state index is 11.8. The SMILES string of the molecule is CC(C)c1ccccc1OCC(=O)NCc1ccccn1. The molecule has 0 bridgehead atoms. The summed E-state index contributed by atoms with van der Waals surface area (Å²) >= 11 is 0. The first-order chi connectivity index (χ1) is 10.2. The molecule has 0 aliphatic heterocycles. The van der Waals surface area contributed by atoms with Gasteiger partial charge in [-0.05, 0) is 29.7 Å². The lowest BCUT2D eigenvalue weighted by Gasteiger charge is -2.13. The first-order valence-corrected chi connectivity index (χ1v) is 7.05. The molecule has 2 aromatic rings. The molecule has 0 spiro atoms. The summed E-state index contributed by atoms with van der Waals surface area (Å²) in [6.45, 7) is 4.62. The van der Waals surface area contributed by atoms with Crippen molar-refractivity contribution in [2.45, 2.75) is 26.3 Å². The molecule has 110 valence electrons. The van der Waals surface area contributed by atoms with Crippen LogP contribution in [-0.2, 0) is 11.3 Å². The van der Waals surface area contributed by atoms with E-state index in [-0.39, 0.29) is 12.5 Å². The quantitative estimate of drug-likeness (QED) is 0.887. The number of aromatic nitrogens is 1. The molecule has 2 rings (SSSR count). The monoisotopic (exact) mass is 284 g/mol. The number of nitrogens with one attached hydrogen (secondary N) is 1. The third-order valence-electron chi connectivity index (χ3n) is 3.09. The largest absolute Gasteiger partial charge is 0.483 e. The Hall–Kier alpha value is -2.36. The van der Waals surface area contributed by atoms with Gasteiger partial charge in [0.15, 0.2) is 6.61 Å². The molecule has 21 heavy (non-hydrogen) atoms. The van der Waals surface area contributed by atoms with Crippen molar-refractivity contribution in [1.29, 1.82) is 0 Å². The smallest absolute Gasteiger partial charge is 0.258 e. The third kappa shape index (κ3) is 4.60. The zero-order valence-electron chi connectivity index (χ0n) is 12.4. The normalized spacial score (nSPS) is 10.4. The van der Waals surface area contributed by atoms with Crippen LogP contribution in [0.5, 0.6) is 5.75 Å². The van der Waals surface area contributed by atoms with E-state index in [0.29, 0.717) is 12.5 Å². The zero-order chi connectivity index (χ0) is 15.1. The highest BCUT2D eigenvalue weighted by molar-refractivity contribution is 5.77. The minimum atomic E-state index is -0.154. The number of benzene rings is 1. The van der Waals surface area contributed by atoms with Crippen molar-refractivity contribution in [2.75, 3.05) is 6.61 Å². The lowest BCUT2D eigenvalue weighted by atomic mass is 10.0. The number of hydrogen-bond donors (Lipinski definition) is 1. The summed E-state index contributed by atoms with van der Waals surface area (Å²) in [5, 5.41) is 2.79. The molecule has 1 heterocycles. The Kier molecular flexibility index (Phi) is 5.32. The topological polar surface area (TPSA) is 51.2 Å². The molecule has 0 fully saturated rings. The van der Waals surface area contributed by atoms with Crippen LogP contribution in [0, 0.1) is 0 Å². The van der Waals surface area contributed by atoms with E-state index >= 15 is 0 Å². The van der Waals surface area contributed by atoms with Gasteiger partial charge in [0, 0.05) is 6.20 Å². The molecule has 1 amide bonds. The van der Waals surface area contributed by atoms with Gasteiger partial charge in [-0.1, -0.05) is 38.1 Å². The van der Waals surface area contributed by atoms with Crippen LogP contribution in [0.1, 0.15) is 31.0 Å². The lowest BCUT2D eigenvalue weighted by Crippen LogP contribution is -2.28. The highest BCUT2D eigenvalue weighted by atomic mass is 16.5. The maximum Gasteiger partial charge on any atom is 0.258 e. The molecule has 1 aromatic heterocycles. The highest BCUT2D eigenvalue weighted by Gasteiger charge is 2.09. The Balaban J connectivity index is 1.84. The molecule has 0 saturated carbocycles. The number of carbonyl (C=O) groups is 1. The van der Waals surface area contributed by atoms with Gasteiger partial charge in [-0.25, -0.2) is 0 Å². The van der Waals surface area contributed by atoms with Crippen LogP contribution < -0.4 is 10.1 Å². The highest BCUT2D eigenvalue weighted by Crippen LogP contribution is 2.25. The molecule has 0 aliphatic carbocycles. The molecule has 0 unspecified atom stereocenters. The second-order valence-electron chi connectivity index (χ2n) is 5.08. The van der Waals surface area contributed by atoms with E-state index in [1.807, 2.05) is 42.5 Å². The van der Waals surface area contributed by atoms with E-state index in [4.69, 9.17) is 4.74 Å². The maximum absolute atomic E-state index is 11.8. The molecule has 1 N–H and O–H groups in total. The summed E-state index contributed by atoms with van der Waals surface area (Å²) in [5.41, 5.74) is 1.93. The predicted octanol–water partition coefficient (Wildman–Crippen LogP) is 2.90. The van der Waals surface area contributed by atoms with E-state index < -0.39 is 0 Å². The summed E-state index contributed by atoms with van der Waals surface area (Å²) in [6.07, 6.45) is 1.71. The Morgan fingerprint density at radius 3 is 2.67 bits per heavy atom. The average molecular weight is 284 g/mol. The van der Waals surface area contributed by atoms with Crippen LogP contribution >= 0.6 is 0 Å². The summed E-state index contributed by atoms with van der Waals surface area (Å²) < 4.78 is 5.62. The number of rotatable bonds is 6. The van der Waals surface area contributed by atoms with Crippen LogP contribution in [0.25, 0.3) is 0 Å². The number of amides is 1. The van der Waals surface area contributed by atoms with Crippen LogP contribution in [0.3, 0.4) is 0 Å². The zero-order valence-corrected chi connectivity index (χ0v) is 12.4. The number of pyridine rings is 1. The molecule has 0 aliphatic rings. The summed E-state index contributed by atoms with van der Waals surface area (Å²) in [4.78, 5) is 16.0. The van der Waals surface area contributed by atoms with Crippen LogP contribution in [0.2, 0.25) is 0 Å². The average Bonchev–Trinajstić information content (AvgIpc) is 2.52. The van der Waals surface area contributed by atoms with Crippen molar-refractivity contribution in [3.8, 4) is 5.75 Å². The lowest BCUT2D eigenvalue weighted by molar-refractivity contribution is -0.123. The van der Waals surface area contributed by atoms with E-state index in [0.717, 1.165) is 17.0 Å². The van der Waals surface area contributed by atoms with Crippen LogP contribution in [0.4, 0.5) is 0 Å². The molecule has 0 atom stereocenters. The van der Waals surface area contributed by atoms with E-state index in [1.54, 1.807) is 6.20 Å². The van der Waals surface area contributed by atoms with Gasteiger partial charge in [0.2, 0.25) is 0 Å². The molecule has 4 heteroatoms. The molecular weight excluding hydrogens is 264 g/mol. The van der Waals surface area contributed by atoms with E-state index in [1.165, 1.54) is 0 Å². The van der Waals surface area contributed by atoms with Gasteiger partial charge in [0.25, 0.3) is 5.91 Å². The Labute approximate surface area is 125 Å². The second-order valence-corrected chi connectivity index (χ2v) is 5.08. The van der Waals surface area contributed by atoms with E-state index in [9.17, 15) is 4.79 Å². The second kappa shape index (κ2) is 7.43. The van der Waals surface area contributed by atoms with Gasteiger partial charge in [-0.2, -0.15) is 0 Å². The fourth-order valence-electron chi connectivity index (χ4n) is 1.98. The number of carbonyl (C=O) groups excluding carboxylic acids is 1. The molecule has 0 radical (unpaired) electrons. The van der Waals surface area contributed by atoms with Crippen molar-refractivity contribution in [1.82, 2.24) is 10.3 Å². The summed E-state index contributed by atoms with van der Waals surface area (Å²) in [6, 6.07) is 13.4. The van der Waals surface area contributed by atoms with Crippen LogP contribution in [-0.4, -0.2) is 17.5 Å². The third-order valence-corrected chi connectivity index (χ3v) is 3.09. The van der Waals surface area contributed by atoms with E-state index in [2.05, 4.69) is 24.1 Å².